The number of aryl methyl sites for hydroxylation is 1. The van der Waals surface area contributed by atoms with Gasteiger partial charge in [-0.1, -0.05) is 18.2 Å². The van der Waals surface area contributed by atoms with Gasteiger partial charge in [-0.2, -0.15) is 18.4 Å². The first-order valence-electron chi connectivity index (χ1n) is 10.7. The highest BCUT2D eigenvalue weighted by Crippen LogP contribution is 2.42. The van der Waals surface area contributed by atoms with Crippen LogP contribution in [0.1, 0.15) is 53.0 Å². The number of carbonyl (C=O) groups is 1. The molecule has 1 unspecified atom stereocenters. The van der Waals surface area contributed by atoms with Gasteiger partial charge in [0.25, 0.3) is 0 Å². The molecule has 2 aromatic carbocycles. The van der Waals surface area contributed by atoms with Crippen molar-refractivity contribution in [2.24, 2.45) is 5.92 Å². The largest absolute Gasteiger partial charge is 0.478 e. The maximum Gasteiger partial charge on any atom is 0.408 e. The molecule has 0 amide bonds. The molecule has 0 saturated heterocycles. The fraction of sp³-hybridized carbons (Fsp3) is 0.333. The van der Waals surface area contributed by atoms with Gasteiger partial charge in [-0.3, -0.25) is 0 Å². The summed E-state index contributed by atoms with van der Waals surface area (Å²) >= 11 is 0. The van der Waals surface area contributed by atoms with Crippen molar-refractivity contribution >= 4 is 28.5 Å². The van der Waals surface area contributed by atoms with Gasteiger partial charge in [0.1, 0.15) is 12.1 Å². The lowest BCUT2D eigenvalue weighted by Crippen LogP contribution is -2.38. The van der Waals surface area contributed by atoms with Crippen LogP contribution >= 0.6 is 0 Å². The van der Waals surface area contributed by atoms with Crippen LogP contribution in [0.5, 0.6) is 0 Å². The van der Waals surface area contributed by atoms with Crippen molar-refractivity contribution in [3.05, 3.63) is 58.8 Å². The molecule has 1 fully saturated rings. The normalized spacial score (nSPS) is 15.4. The first kappa shape index (κ1) is 23.3. The Labute approximate surface area is 193 Å². The summed E-state index contributed by atoms with van der Waals surface area (Å²) in [5, 5.41) is 24.6. The van der Waals surface area contributed by atoms with Crippen molar-refractivity contribution in [3.63, 3.8) is 0 Å². The summed E-state index contributed by atoms with van der Waals surface area (Å²) < 4.78 is 40.8. The number of alkyl halides is 3. The van der Waals surface area contributed by atoms with Crippen molar-refractivity contribution in [3.8, 4) is 6.07 Å². The molecule has 1 heterocycles. The number of rotatable bonds is 7. The van der Waals surface area contributed by atoms with Gasteiger partial charge in [-0.25, -0.2) is 14.8 Å². The number of halogens is 3. The van der Waals surface area contributed by atoms with Crippen LogP contribution in [-0.4, -0.2) is 33.3 Å². The molecular weight excluding hydrogens is 447 g/mol. The molecule has 1 aliphatic carbocycles. The van der Waals surface area contributed by atoms with E-state index in [-0.39, 0.29) is 17.1 Å². The number of para-hydroxylation sites is 1. The Morgan fingerprint density at radius 3 is 2.53 bits per heavy atom. The molecule has 176 valence electrons. The molecule has 0 bridgehead atoms. The van der Waals surface area contributed by atoms with Crippen molar-refractivity contribution in [1.82, 2.24) is 9.97 Å². The third kappa shape index (κ3) is 4.73. The second-order valence-corrected chi connectivity index (χ2v) is 8.47. The SMILES string of the molecule is Cc1cc([C@@H](C)Nc2ccccc2C(=O)O)c2nc(NC(C3CC3)C(F)(F)F)c(C#N)nc2c1. The number of hydrogen-bond acceptors (Lipinski definition) is 6. The highest BCUT2D eigenvalue weighted by Gasteiger charge is 2.49. The molecule has 3 N–H and O–H groups in total. The number of fused-ring (bicyclic) bond motifs is 1. The predicted octanol–water partition coefficient (Wildman–Crippen LogP) is 5.43. The average Bonchev–Trinajstić information content (AvgIpc) is 3.60. The summed E-state index contributed by atoms with van der Waals surface area (Å²) in [6.07, 6.45) is -3.58. The highest BCUT2D eigenvalue weighted by molar-refractivity contribution is 5.94. The maximum absolute atomic E-state index is 13.6. The van der Waals surface area contributed by atoms with Gasteiger partial charge in [0, 0.05) is 11.3 Å². The van der Waals surface area contributed by atoms with Gasteiger partial charge in [0.15, 0.2) is 11.5 Å². The molecular formula is C24H22F3N5O2. The lowest BCUT2D eigenvalue weighted by atomic mass is 10.0. The standard InChI is InChI=1S/C24H22F3N5O2/c1-12-9-16(13(2)29-17-6-4-3-5-15(17)23(33)34)20-18(10-12)30-19(11-28)22(31-20)32-21(14-7-8-14)24(25,26)27/h3-6,9-10,13-14,21,29H,7-8H2,1-2H3,(H,31,32)(H,33,34)/t13-,21?/m1/s1. The number of carboxylic acid groups (broad SMARTS) is 1. The van der Waals surface area contributed by atoms with Gasteiger partial charge in [-0.15, -0.1) is 0 Å². The van der Waals surface area contributed by atoms with Crippen LogP contribution in [0.2, 0.25) is 0 Å². The zero-order valence-electron chi connectivity index (χ0n) is 18.4. The summed E-state index contributed by atoms with van der Waals surface area (Å²) in [7, 11) is 0. The van der Waals surface area contributed by atoms with E-state index < -0.39 is 30.1 Å². The molecule has 4 rings (SSSR count). The number of carboxylic acids is 1. The van der Waals surface area contributed by atoms with E-state index in [0.29, 0.717) is 35.1 Å². The Bertz CT molecular complexity index is 1300. The number of hydrogen-bond donors (Lipinski definition) is 3. The minimum atomic E-state index is -4.49. The van der Waals surface area contributed by atoms with Crippen molar-refractivity contribution in [1.29, 1.82) is 5.26 Å². The van der Waals surface area contributed by atoms with Crippen LogP contribution < -0.4 is 10.6 Å². The zero-order chi connectivity index (χ0) is 24.6. The number of nitrogens with zero attached hydrogens (tertiary/aromatic N) is 3. The Morgan fingerprint density at radius 2 is 1.91 bits per heavy atom. The minimum Gasteiger partial charge on any atom is -0.478 e. The predicted molar refractivity (Wildman–Crippen MR) is 121 cm³/mol. The summed E-state index contributed by atoms with van der Waals surface area (Å²) in [4.78, 5) is 20.3. The molecule has 7 nitrogen and oxygen atoms in total. The summed E-state index contributed by atoms with van der Waals surface area (Å²) in [6.45, 7) is 3.62. The molecule has 3 aromatic rings. The molecule has 0 radical (unpaired) electrons. The van der Waals surface area contributed by atoms with Gasteiger partial charge in [0.2, 0.25) is 0 Å². The first-order valence-corrected chi connectivity index (χ1v) is 10.7. The Balaban J connectivity index is 1.78. The molecule has 0 spiro atoms. The molecule has 1 saturated carbocycles. The smallest absolute Gasteiger partial charge is 0.408 e. The van der Waals surface area contributed by atoms with Crippen LogP contribution in [0.4, 0.5) is 24.7 Å². The van der Waals surface area contributed by atoms with Crippen LogP contribution in [-0.2, 0) is 0 Å². The fourth-order valence-corrected chi connectivity index (χ4v) is 3.99. The number of nitriles is 1. The molecule has 34 heavy (non-hydrogen) atoms. The van der Waals surface area contributed by atoms with E-state index in [1.165, 1.54) is 6.07 Å². The molecule has 10 heteroatoms. The van der Waals surface area contributed by atoms with E-state index >= 15 is 0 Å². The Morgan fingerprint density at radius 1 is 1.21 bits per heavy atom. The van der Waals surface area contributed by atoms with Gasteiger partial charge in [-0.05, 0) is 56.4 Å². The van der Waals surface area contributed by atoms with Crippen LogP contribution in [0.3, 0.4) is 0 Å². The summed E-state index contributed by atoms with van der Waals surface area (Å²) in [6, 6.07) is 9.53. The van der Waals surface area contributed by atoms with E-state index in [1.54, 1.807) is 31.2 Å². The number of anilines is 2. The van der Waals surface area contributed by atoms with Gasteiger partial charge < -0.3 is 15.7 Å². The highest BCUT2D eigenvalue weighted by atomic mass is 19.4. The van der Waals surface area contributed by atoms with E-state index in [2.05, 4.69) is 20.6 Å². The Kier molecular flexibility index (Phi) is 6.04. The second-order valence-electron chi connectivity index (χ2n) is 8.47. The second kappa shape index (κ2) is 8.82. The minimum absolute atomic E-state index is 0.0870. The van der Waals surface area contributed by atoms with Crippen molar-refractivity contribution in [2.45, 2.75) is 44.9 Å². The molecule has 2 atom stereocenters. The molecule has 1 aromatic heterocycles. The van der Waals surface area contributed by atoms with Gasteiger partial charge >= 0.3 is 12.1 Å². The fourth-order valence-electron chi connectivity index (χ4n) is 3.99. The maximum atomic E-state index is 13.6. The number of aromatic carboxylic acids is 1. The third-order valence-corrected chi connectivity index (χ3v) is 5.78. The van der Waals surface area contributed by atoms with E-state index in [4.69, 9.17) is 0 Å². The quantitative estimate of drug-likeness (QED) is 0.423. The monoisotopic (exact) mass is 469 g/mol. The number of benzene rings is 2. The average molecular weight is 469 g/mol. The number of aromatic nitrogens is 2. The summed E-state index contributed by atoms with van der Waals surface area (Å²) in [5.74, 6) is -1.87. The van der Waals surface area contributed by atoms with Crippen molar-refractivity contribution < 1.29 is 23.1 Å². The summed E-state index contributed by atoms with van der Waals surface area (Å²) in [5.41, 5.74) is 2.39. The third-order valence-electron chi connectivity index (χ3n) is 5.78. The molecule has 1 aliphatic rings. The Hall–Kier alpha value is -3.87. The van der Waals surface area contributed by atoms with Crippen LogP contribution in [0.25, 0.3) is 11.0 Å². The van der Waals surface area contributed by atoms with Crippen molar-refractivity contribution in [2.75, 3.05) is 10.6 Å². The lowest BCUT2D eigenvalue weighted by molar-refractivity contribution is -0.146. The van der Waals surface area contributed by atoms with E-state index in [0.717, 1.165) is 5.56 Å². The van der Waals surface area contributed by atoms with E-state index in [1.807, 2.05) is 19.1 Å². The molecule has 0 aliphatic heterocycles. The number of nitrogens with one attached hydrogen (secondary N) is 2. The first-order chi connectivity index (χ1) is 16.1. The zero-order valence-corrected chi connectivity index (χ0v) is 18.4. The topological polar surface area (TPSA) is 111 Å². The van der Waals surface area contributed by atoms with Crippen LogP contribution in [0, 0.1) is 24.2 Å². The van der Waals surface area contributed by atoms with E-state index in [9.17, 15) is 28.3 Å². The van der Waals surface area contributed by atoms with Crippen LogP contribution in [0.15, 0.2) is 36.4 Å². The lowest BCUT2D eigenvalue weighted by Gasteiger charge is -2.23. The van der Waals surface area contributed by atoms with Gasteiger partial charge in [0.05, 0.1) is 22.6 Å².